The van der Waals surface area contributed by atoms with Crippen LogP contribution in [0.2, 0.25) is 0 Å². The first-order valence-corrected chi connectivity index (χ1v) is 5.98. The van der Waals surface area contributed by atoms with Crippen molar-refractivity contribution in [2.75, 3.05) is 18.1 Å². The first kappa shape index (κ1) is 11.2. The number of ether oxygens (including phenoxy) is 1. The monoisotopic (exact) mass is 248 g/mol. The molecule has 3 atom stereocenters. The van der Waals surface area contributed by atoms with E-state index in [2.05, 4.69) is 4.98 Å². The number of aliphatic hydroxyl groups is 1. The number of hydrogen-bond donors (Lipinski definition) is 2. The Morgan fingerprint density at radius 1 is 1.75 bits per heavy atom. The van der Waals surface area contributed by atoms with Gasteiger partial charge in [0.25, 0.3) is 0 Å². The van der Waals surface area contributed by atoms with Gasteiger partial charge in [0.15, 0.2) is 11.7 Å². The minimum Gasteiger partial charge on any atom is -0.393 e. The number of nitrogens with two attached hydrogens (primary N) is 1. The number of aromatic nitrogens is 2. The van der Waals surface area contributed by atoms with Crippen molar-refractivity contribution >= 4 is 16.6 Å². The number of nitrogens with zero attached hydrogens (tertiary/aromatic N) is 2. The first-order valence-electron chi connectivity index (χ1n) is 4.60. The van der Waals surface area contributed by atoms with Gasteiger partial charge in [-0.2, -0.15) is 4.98 Å². The molecule has 2 heterocycles. The molecule has 0 bridgehead atoms. The number of aliphatic hydroxyl groups excluding tert-OH is 1. The molecular weight excluding hydrogens is 237 g/mol. The van der Waals surface area contributed by atoms with E-state index in [0.717, 1.165) is 0 Å². The molecule has 0 amide bonds. The van der Waals surface area contributed by atoms with Gasteiger partial charge in [0.2, 0.25) is 0 Å². The third-order valence-electron chi connectivity index (χ3n) is 2.22. The lowest BCUT2D eigenvalue weighted by atomic mass is 10.6. The van der Waals surface area contributed by atoms with Crippen LogP contribution < -0.4 is 11.4 Å². The molecule has 0 spiro atoms. The lowest BCUT2D eigenvalue weighted by Gasteiger charge is -2.12. The van der Waals surface area contributed by atoms with Crippen molar-refractivity contribution < 1.29 is 14.1 Å². The smallest absolute Gasteiger partial charge is 0.351 e. The van der Waals surface area contributed by atoms with Crippen molar-refractivity contribution in [3.63, 3.8) is 0 Å². The van der Waals surface area contributed by atoms with Crippen molar-refractivity contribution in [2.24, 2.45) is 0 Å². The molecule has 0 unspecified atom stereocenters. The zero-order valence-electron chi connectivity index (χ0n) is 8.28. The van der Waals surface area contributed by atoms with E-state index >= 15 is 0 Å². The van der Waals surface area contributed by atoms with E-state index in [1.165, 1.54) is 16.8 Å². The summed E-state index contributed by atoms with van der Waals surface area (Å²) in [6.45, 7) is -0.333. The number of rotatable bonds is 2. The van der Waals surface area contributed by atoms with Crippen LogP contribution >= 0.6 is 0 Å². The van der Waals surface area contributed by atoms with Crippen molar-refractivity contribution in [3.8, 4) is 0 Å². The molecule has 0 radical (unpaired) electrons. The Morgan fingerprint density at radius 2 is 2.50 bits per heavy atom. The van der Waals surface area contributed by atoms with E-state index in [-0.39, 0.29) is 18.2 Å². The van der Waals surface area contributed by atoms with E-state index in [9.17, 15) is 9.00 Å². The van der Waals surface area contributed by atoms with Crippen molar-refractivity contribution in [1.82, 2.24) is 9.55 Å². The van der Waals surface area contributed by atoms with Gasteiger partial charge in [-0.1, -0.05) is 0 Å². The summed E-state index contributed by atoms with van der Waals surface area (Å²) < 4.78 is 17.9. The van der Waals surface area contributed by atoms with Gasteiger partial charge in [0, 0.05) is 6.20 Å². The van der Waals surface area contributed by atoms with Gasteiger partial charge in [0.1, 0.15) is 5.82 Å². The van der Waals surface area contributed by atoms with Gasteiger partial charge in [0.05, 0.1) is 23.2 Å². The van der Waals surface area contributed by atoms with Crippen LogP contribution in [0, 0.1) is 0 Å². The van der Waals surface area contributed by atoms with E-state index in [1.54, 1.807) is 0 Å². The van der Waals surface area contributed by atoms with Crippen LogP contribution in [0.15, 0.2) is 17.1 Å². The summed E-state index contributed by atoms with van der Waals surface area (Å²) in [4.78, 5) is 15.0. The van der Waals surface area contributed by atoms with Crippen LogP contribution in [0.1, 0.15) is 6.23 Å². The highest BCUT2D eigenvalue weighted by Gasteiger charge is 2.33. The largest absolute Gasteiger partial charge is 0.393 e. The summed E-state index contributed by atoms with van der Waals surface area (Å²) in [5, 5.41) is 8.87. The quantitative estimate of drug-likeness (QED) is 0.654. The number of anilines is 1. The molecule has 7 nitrogen and oxygen atoms in total. The minimum atomic E-state index is -1.30. The van der Waals surface area contributed by atoms with Crippen LogP contribution in [-0.2, 0) is 15.5 Å². The molecule has 1 fully saturated rings. The molecule has 8 heteroatoms. The predicted molar refractivity (Wildman–Crippen MR) is 56.9 cm³/mol. The van der Waals surface area contributed by atoms with E-state index < -0.39 is 28.2 Å². The van der Waals surface area contributed by atoms with E-state index in [1.807, 2.05) is 0 Å². The SMILES string of the molecule is Nc1cc[15n]([C@@H]2C[S@](=O)[C@H](CO)O2)[13c](=O)[15n]1. The Hall–Kier alpha value is -1.25. The molecule has 1 aromatic heterocycles. The molecule has 1 saturated heterocycles. The molecule has 1 aliphatic rings. The van der Waals surface area contributed by atoms with Gasteiger partial charge in [-0.3, -0.25) is 8.78 Å². The highest BCUT2D eigenvalue weighted by molar-refractivity contribution is 7.85. The molecular formula is C8H11N3O4S. The maximum absolute atomic E-state index is 11.5. The second kappa shape index (κ2) is 4.32. The second-order valence-corrected chi connectivity index (χ2v) is 4.91. The average molecular weight is 248 g/mol. The molecule has 88 valence electrons. The Labute approximate surface area is 93.3 Å². The normalized spacial score (nSPS) is 29.4. The van der Waals surface area contributed by atoms with Crippen molar-refractivity contribution in [1.29, 1.82) is 0 Å². The summed E-state index contributed by atoms with van der Waals surface area (Å²) in [6.07, 6.45) is 0.783. The standard InChI is InChI=1S/C8H11N3O4S/c9-5-1-2-11(8(13)10-5)6-4-16(14)7(3-12)15-6/h1-2,6-7,12H,3-4H2,(H2,9,10,13)/t6-,7+,16-/m0/s1/i8+1,10+1,11+1. The zero-order valence-corrected chi connectivity index (χ0v) is 9.09. The Balaban J connectivity index is 2.27. The molecule has 2 rings (SSSR count). The van der Waals surface area contributed by atoms with Gasteiger partial charge >= 0.3 is 5.69 Å². The molecule has 0 aliphatic carbocycles. The predicted octanol–water partition coefficient (Wildman–Crippen LogP) is -1.58. The number of hydrogen-bond acceptors (Lipinski definition) is 6. The van der Waals surface area contributed by atoms with Gasteiger partial charge in [-0.25, -0.2) is 4.79 Å². The van der Waals surface area contributed by atoms with Crippen LogP contribution in [0.3, 0.4) is 0 Å². The highest BCUT2D eigenvalue weighted by atomic mass is 32.2. The molecule has 16 heavy (non-hydrogen) atoms. The van der Waals surface area contributed by atoms with E-state index in [0.29, 0.717) is 0 Å². The summed E-state index contributed by atoms with van der Waals surface area (Å²) in [6, 6.07) is 1.46. The average Bonchev–Trinajstić information content (AvgIpc) is 2.59. The molecule has 0 aromatic carbocycles. The van der Waals surface area contributed by atoms with Gasteiger partial charge < -0.3 is 15.6 Å². The summed E-state index contributed by atoms with van der Waals surface area (Å²) in [5.74, 6) is 0.288. The lowest BCUT2D eigenvalue weighted by Crippen LogP contribution is -2.28. The lowest BCUT2D eigenvalue weighted by molar-refractivity contribution is -0.00702. The van der Waals surface area contributed by atoms with Crippen LogP contribution in [-0.4, -0.2) is 36.7 Å². The van der Waals surface area contributed by atoms with E-state index in [4.69, 9.17) is 15.6 Å². The van der Waals surface area contributed by atoms with Crippen LogP contribution in [0.25, 0.3) is 0 Å². The van der Waals surface area contributed by atoms with Gasteiger partial charge in [-0.05, 0) is 6.07 Å². The molecule has 1 aliphatic heterocycles. The maximum atomic E-state index is 11.5. The third-order valence-corrected chi connectivity index (χ3v) is 3.68. The summed E-state index contributed by atoms with van der Waals surface area (Å²) >= 11 is 0. The maximum Gasteiger partial charge on any atom is 0.351 e. The first-order chi connectivity index (χ1) is 7.61. The molecule has 3 N–H and O–H groups in total. The Bertz CT molecular complexity index is 475. The van der Waals surface area contributed by atoms with Crippen molar-refractivity contribution in [3.05, 3.63) is 22.7 Å². The van der Waals surface area contributed by atoms with Gasteiger partial charge in [-0.15, -0.1) is 0 Å². The fourth-order valence-electron chi connectivity index (χ4n) is 1.44. The van der Waals surface area contributed by atoms with Crippen LogP contribution in [0.5, 0.6) is 0 Å². The molecule has 1 aromatic rings. The zero-order chi connectivity index (χ0) is 11.7. The summed E-state index contributed by atoms with van der Waals surface area (Å²) in [7, 11) is -1.30. The minimum absolute atomic E-state index is 0.124. The second-order valence-electron chi connectivity index (χ2n) is 3.29. The fraction of sp³-hybridized carbons (Fsp3) is 0.500. The Morgan fingerprint density at radius 3 is 3.06 bits per heavy atom. The fourth-order valence-corrected chi connectivity index (χ4v) is 2.59. The van der Waals surface area contributed by atoms with Crippen molar-refractivity contribution in [2.45, 2.75) is 11.7 Å². The molecule has 0 saturated carbocycles. The number of nitrogen functional groups attached to an aromatic ring is 1. The highest BCUT2D eigenvalue weighted by Crippen LogP contribution is 2.22. The third kappa shape index (κ3) is 1.99. The Kier molecular flexibility index (Phi) is 3.03. The summed E-state index contributed by atoms with van der Waals surface area (Å²) in [5.41, 5.74) is 4.05. The van der Waals surface area contributed by atoms with Crippen LogP contribution in [0.4, 0.5) is 5.82 Å². The topological polar surface area (TPSA) is 107 Å².